The van der Waals surface area contributed by atoms with Crippen molar-refractivity contribution in [1.29, 1.82) is 0 Å². The average Bonchev–Trinajstić information content (AvgIpc) is 2.88. The first-order valence-electron chi connectivity index (χ1n) is 15.1. The maximum absolute atomic E-state index is 13.4. The highest BCUT2D eigenvalue weighted by molar-refractivity contribution is 6.07. The van der Waals surface area contributed by atoms with Crippen LogP contribution in [0.4, 0.5) is 0 Å². The highest BCUT2D eigenvalue weighted by Crippen LogP contribution is 2.75. The molecule has 4 nitrogen and oxygen atoms in total. The van der Waals surface area contributed by atoms with Crippen LogP contribution < -0.4 is 5.73 Å². The SMILES string of the molecule is CC(C)=CCOC1=C(C)C2=CC=C3[C@@](C)(CC[C@@]4(C)[C@@H]5C[C@](C)(C(=O)CN)CC[C@]5(C)CC[C@]34C)C2=CC1=O. The number of carbonyl (C=O) groups excluding carboxylic acids is 2. The second-order valence-electron chi connectivity index (χ2n) is 14.8. The van der Waals surface area contributed by atoms with Crippen molar-refractivity contribution in [2.45, 2.75) is 100 Å². The fourth-order valence-electron chi connectivity index (χ4n) is 9.42. The highest BCUT2D eigenvalue weighted by Gasteiger charge is 2.67. The van der Waals surface area contributed by atoms with Gasteiger partial charge in [-0.2, -0.15) is 0 Å². The Hall–Kier alpha value is -2.20. The number of ether oxygens (including phenoxy) is 1. The lowest BCUT2D eigenvalue weighted by Gasteiger charge is -2.70. The van der Waals surface area contributed by atoms with E-state index < -0.39 is 0 Å². The zero-order chi connectivity index (χ0) is 28.6. The summed E-state index contributed by atoms with van der Waals surface area (Å²) in [5.74, 6) is 1.16. The van der Waals surface area contributed by atoms with E-state index in [1.54, 1.807) is 0 Å². The third-order valence-corrected chi connectivity index (χ3v) is 12.4. The summed E-state index contributed by atoms with van der Waals surface area (Å²) in [6.45, 7) is 18.7. The predicted octanol–water partition coefficient (Wildman–Crippen LogP) is 7.57. The fourth-order valence-corrected chi connectivity index (χ4v) is 9.42. The van der Waals surface area contributed by atoms with Crippen LogP contribution in [-0.2, 0) is 14.3 Å². The summed E-state index contributed by atoms with van der Waals surface area (Å²) < 4.78 is 5.99. The molecule has 0 aliphatic heterocycles. The number of nitrogens with two attached hydrogens (primary N) is 1. The van der Waals surface area contributed by atoms with Crippen LogP contribution in [0, 0.1) is 33.0 Å². The average molecular weight is 532 g/mol. The van der Waals surface area contributed by atoms with Gasteiger partial charge in [-0.3, -0.25) is 9.59 Å². The summed E-state index contributed by atoms with van der Waals surface area (Å²) in [4.78, 5) is 26.4. The summed E-state index contributed by atoms with van der Waals surface area (Å²) in [5.41, 5.74) is 11.7. The van der Waals surface area contributed by atoms with E-state index in [4.69, 9.17) is 10.5 Å². The molecular weight excluding hydrogens is 482 g/mol. The van der Waals surface area contributed by atoms with Crippen LogP contribution >= 0.6 is 0 Å². The van der Waals surface area contributed by atoms with Gasteiger partial charge in [-0.1, -0.05) is 57.9 Å². The lowest BCUT2D eigenvalue weighted by Crippen LogP contribution is -2.62. The van der Waals surface area contributed by atoms with E-state index in [-0.39, 0.29) is 45.2 Å². The normalized spacial score (nSPS) is 41.2. The highest BCUT2D eigenvalue weighted by atomic mass is 16.5. The minimum absolute atomic E-state index is 0.00203. The maximum Gasteiger partial charge on any atom is 0.221 e. The predicted molar refractivity (Wildman–Crippen MR) is 158 cm³/mol. The number of Topliss-reactive ketones (excluding diaryl/α,β-unsaturated/α-hetero) is 1. The first-order chi connectivity index (χ1) is 18.2. The van der Waals surface area contributed by atoms with Crippen molar-refractivity contribution < 1.29 is 14.3 Å². The molecule has 0 heterocycles. The smallest absolute Gasteiger partial charge is 0.221 e. The molecule has 5 rings (SSSR count). The number of rotatable bonds is 5. The van der Waals surface area contributed by atoms with Crippen LogP contribution in [0.2, 0.25) is 0 Å². The molecule has 0 bridgehead atoms. The summed E-state index contributed by atoms with van der Waals surface area (Å²) in [6, 6.07) is 0. The van der Waals surface area contributed by atoms with Crippen molar-refractivity contribution in [3.8, 4) is 0 Å². The third kappa shape index (κ3) is 3.95. The second-order valence-corrected chi connectivity index (χ2v) is 14.8. The van der Waals surface area contributed by atoms with E-state index in [0.29, 0.717) is 18.3 Å². The Morgan fingerprint density at radius 3 is 2.38 bits per heavy atom. The molecular formula is C35H49NO3. The largest absolute Gasteiger partial charge is 0.485 e. The Balaban J connectivity index is 1.56. The van der Waals surface area contributed by atoms with Crippen LogP contribution in [-0.4, -0.2) is 24.7 Å². The number of hydrogen-bond acceptors (Lipinski definition) is 4. The van der Waals surface area contributed by atoms with Gasteiger partial charge in [-0.05, 0) is 111 Å². The quantitative estimate of drug-likeness (QED) is 0.372. The molecule has 0 aromatic rings. The van der Waals surface area contributed by atoms with Crippen molar-refractivity contribution in [2.75, 3.05) is 13.2 Å². The maximum atomic E-state index is 13.4. The van der Waals surface area contributed by atoms with E-state index in [9.17, 15) is 9.59 Å². The molecule has 0 amide bonds. The van der Waals surface area contributed by atoms with E-state index >= 15 is 0 Å². The van der Waals surface area contributed by atoms with Crippen LogP contribution in [0.25, 0.3) is 0 Å². The molecule has 212 valence electrons. The van der Waals surface area contributed by atoms with Crippen LogP contribution in [0.15, 0.2) is 57.9 Å². The van der Waals surface area contributed by atoms with Crippen molar-refractivity contribution >= 4 is 11.6 Å². The standard InChI is InChI=1S/C35H49NO3/c1-22(2)11-18-39-30-23(3)24-9-10-27-33(6,25(24)19-26(30)37)15-17-35(8)28-20-32(5,29(38)21-36)13-12-31(28,4)14-16-34(27,35)7/h9-11,19,28H,12-18,20-21,36H2,1-8H3/t28-,31-,32-,33+,34-,35+/m1/s1. The molecule has 5 aliphatic rings. The Labute approximate surface area is 235 Å². The summed E-state index contributed by atoms with van der Waals surface area (Å²) >= 11 is 0. The number of allylic oxidation sites excluding steroid dienone is 8. The van der Waals surface area contributed by atoms with Gasteiger partial charge in [0.15, 0.2) is 11.5 Å². The molecule has 4 heteroatoms. The molecule has 3 saturated carbocycles. The lowest BCUT2D eigenvalue weighted by molar-refractivity contribution is -0.167. The van der Waals surface area contributed by atoms with Crippen molar-refractivity contribution in [1.82, 2.24) is 0 Å². The van der Waals surface area contributed by atoms with E-state index in [0.717, 1.165) is 49.7 Å². The summed E-state index contributed by atoms with van der Waals surface area (Å²) in [5, 5.41) is 0. The molecule has 0 radical (unpaired) electrons. The topological polar surface area (TPSA) is 69.4 Å². The Bertz CT molecular complexity index is 1270. The van der Waals surface area contributed by atoms with E-state index in [2.05, 4.69) is 46.8 Å². The monoisotopic (exact) mass is 531 g/mol. The van der Waals surface area contributed by atoms with Gasteiger partial charge in [-0.15, -0.1) is 0 Å². The first-order valence-corrected chi connectivity index (χ1v) is 15.1. The fraction of sp³-hybridized carbons (Fsp3) is 0.657. The zero-order valence-corrected chi connectivity index (χ0v) is 25.6. The van der Waals surface area contributed by atoms with Crippen LogP contribution in [0.3, 0.4) is 0 Å². The van der Waals surface area contributed by atoms with E-state index in [1.165, 1.54) is 23.1 Å². The lowest BCUT2D eigenvalue weighted by atomic mass is 9.34. The molecule has 6 atom stereocenters. The Kier molecular flexibility index (Phi) is 6.65. The summed E-state index contributed by atoms with van der Waals surface area (Å²) in [7, 11) is 0. The molecule has 0 spiro atoms. The minimum atomic E-state index is -0.322. The van der Waals surface area contributed by atoms with Gasteiger partial charge in [0.2, 0.25) is 5.78 Å². The molecule has 0 aromatic carbocycles. The van der Waals surface area contributed by atoms with Gasteiger partial charge in [0.25, 0.3) is 0 Å². The van der Waals surface area contributed by atoms with Gasteiger partial charge >= 0.3 is 0 Å². The molecule has 5 aliphatic carbocycles. The van der Waals surface area contributed by atoms with Crippen LogP contribution in [0.5, 0.6) is 0 Å². The molecule has 0 saturated heterocycles. The number of hydrogen-bond donors (Lipinski definition) is 1. The Morgan fingerprint density at radius 2 is 1.72 bits per heavy atom. The molecule has 0 aromatic heterocycles. The molecule has 39 heavy (non-hydrogen) atoms. The third-order valence-electron chi connectivity index (χ3n) is 12.4. The van der Waals surface area contributed by atoms with Gasteiger partial charge in [0.1, 0.15) is 6.61 Å². The van der Waals surface area contributed by atoms with Gasteiger partial charge < -0.3 is 10.5 Å². The Morgan fingerprint density at radius 1 is 1.03 bits per heavy atom. The second kappa shape index (κ2) is 9.16. The van der Waals surface area contributed by atoms with Crippen molar-refractivity contribution in [3.05, 3.63) is 57.9 Å². The van der Waals surface area contributed by atoms with Gasteiger partial charge in [-0.25, -0.2) is 0 Å². The minimum Gasteiger partial charge on any atom is -0.485 e. The zero-order valence-electron chi connectivity index (χ0n) is 25.6. The number of fused-ring (bicyclic) bond motifs is 7. The summed E-state index contributed by atoms with van der Waals surface area (Å²) in [6.07, 6.45) is 16.0. The van der Waals surface area contributed by atoms with Crippen molar-refractivity contribution in [3.63, 3.8) is 0 Å². The molecule has 2 N–H and O–H groups in total. The van der Waals surface area contributed by atoms with Crippen molar-refractivity contribution in [2.24, 2.45) is 38.7 Å². The number of carbonyl (C=O) groups is 2. The first kappa shape index (κ1) is 28.3. The number of ketones is 2. The van der Waals surface area contributed by atoms with E-state index in [1.807, 2.05) is 32.9 Å². The molecule has 3 fully saturated rings. The van der Waals surface area contributed by atoms with Gasteiger partial charge in [0.05, 0.1) is 6.54 Å². The molecule has 0 unspecified atom stereocenters. The van der Waals surface area contributed by atoms with Gasteiger partial charge in [0, 0.05) is 16.4 Å². The van der Waals surface area contributed by atoms with Crippen LogP contribution in [0.1, 0.15) is 100 Å².